The van der Waals surface area contributed by atoms with E-state index in [0.717, 1.165) is 30.6 Å². The fourth-order valence-corrected chi connectivity index (χ4v) is 2.70. The Morgan fingerprint density at radius 2 is 2.21 bits per heavy atom. The molecule has 2 rings (SSSR count). The first-order valence-corrected chi connectivity index (χ1v) is 7.41. The van der Waals surface area contributed by atoms with Crippen LogP contribution in [0, 0.1) is 12.8 Å². The Bertz CT molecular complexity index is 461. The molecule has 1 aliphatic rings. The number of hydrogen-bond acceptors (Lipinski definition) is 4. The molecule has 1 atom stereocenters. The molecular weight excluding hydrogens is 256 g/mol. The molecule has 1 unspecified atom stereocenters. The topological polar surface area (TPSA) is 55.0 Å². The highest BCUT2D eigenvalue weighted by molar-refractivity contribution is 7.80. The fourth-order valence-electron chi connectivity index (χ4n) is 2.59. The lowest BCUT2D eigenvalue weighted by molar-refractivity contribution is 0.459. The molecule has 1 aliphatic heterocycles. The average Bonchev–Trinajstić information content (AvgIpc) is 2.63. The first-order valence-electron chi connectivity index (χ1n) is 7.00. The van der Waals surface area contributed by atoms with Crippen LogP contribution >= 0.6 is 12.2 Å². The molecule has 5 heteroatoms. The molecular formula is C14H22N4S. The van der Waals surface area contributed by atoms with Crippen LogP contribution in [0.5, 0.6) is 0 Å². The van der Waals surface area contributed by atoms with Gasteiger partial charge in [0.2, 0.25) is 5.95 Å². The second-order valence-corrected chi connectivity index (χ2v) is 5.69. The van der Waals surface area contributed by atoms with Crippen LogP contribution in [0.2, 0.25) is 0 Å². The zero-order valence-corrected chi connectivity index (χ0v) is 12.5. The summed E-state index contributed by atoms with van der Waals surface area (Å²) < 4.78 is 0. The van der Waals surface area contributed by atoms with E-state index in [0.29, 0.717) is 10.7 Å². The van der Waals surface area contributed by atoms with Gasteiger partial charge in [-0.25, -0.2) is 9.97 Å². The molecule has 0 aliphatic carbocycles. The largest absolute Gasteiger partial charge is 0.388 e. The van der Waals surface area contributed by atoms with Crippen molar-refractivity contribution < 1.29 is 0 Å². The van der Waals surface area contributed by atoms with Crippen LogP contribution in [0.1, 0.15) is 44.0 Å². The number of nitrogens with zero attached hydrogens (tertiary/aromatic N) is 3. The minimum absolute atomic E-state index is 0.341. The predicted octanol–water partition coefficient (Wildman–Crippen LogP) is 2.44. The van der Waals surface area contributed by atoms with Gasteiger partial charge in [-0.05, 0) is 38.2 Å². The summed E-state index contributed by atoms with van der Waals surface area (Å²) in [6.45, 7) is 6.28. The highest BCUT2D eigenvalue weighted by atomic mass is 32.1. The molecule has 1 aromatic heterocycles. The average molecular weight is 278 g/mol. The molecule has 0 saturated carbocycles. The number of anilines is 1. The van der Waals surface area contributed by atoms with Gasteiger partial charge >= 0.3 is 0 Å². The van der Waals surface area contributed by atoms with Crippen LogP contribution < -0.4 is 10.6 Å². The van der Waals surface area contributed by atoms with Gasteiger partial charge in [0.05, 0.1) is 0 Å². The SMILES string of the molecule is CCC1CCCN(c2nc(C)cc(C(N)=S)n2)CC1. The number of thiocarbonyl (C=S) groups is 1. The summed E-state index contributed by atoms with van der Waals surface area (Å²) in [5, 5.41) is 0. The third-order valence-corrected chi connectivity index (χ3v) is 4.01. The molecule has 0 spiro atoms. The van der Waals surface area contributed by atoms with E-state index in [4.69, 9.17) is 18.0 Å². The van der Waals surface area contributed by atoms with Gasteiger partial charge in [0.1, 0.15) is 10.7 Å². The summed E-state index contributed by atoms with van der Waals surface area (Å²) in [5.41, 5.74) is 7.27. The molecule has 1 saturated heterocycles. The molecule has 0 radical (unpaired) electrons. The molecule has 19 heavy (non-hydrogen) atoms. The third-order valence-electron chi connectivity index (χ3n) is 3.80. The quantitative estimate of drug-likeness (QED) is 0.861. The van der Waals surface area contributed by atoms with Gasteiger partial charge in [-0.15, -0.1) is 0 Å². The zero-order valence-electron chi connectivity index (χ0n) is 11.7. The van der Waals surface area contributed by atoms with E-state index in [1.165, 1.54) is 25.7 Å². The molecule has 1 aromatic rings. The normalized spacial score (nSPS) is 20.1. The van der Waals surface area contributed by atoms with E-state index in [1.807, 2.05) is 13.0 Å². The van der Waals surface area contributed by atoms with E-state index in [1.54, 1.807) is 0 Å². The number of nitrogens with two attached hydrogens (primary N) is 1. The highest BCUT2D eigenvalue weighted by Gasteiger charge is 2.18. The van der Waals surface area contributed by atoms with Gasteiger partial charge in [-0.3, -0.25) is 0 Å². The van der Waals surface area contributed by atoms with Crippen molar-refractivity contribution in [1.29, 1.82) is 0 Å². The zero-order chi connectivity index (χ0) is 13.8. The summed E-state index contributed by atoms with van der Waals surface area (Å²) in [4.78, 5) is 11.6. The Kier molecular flexibility index (Phi) is 4.69. The maximum Gasteiger partial charge on any atom is 0.226 e. The molecule has 0 bridgehead atoms. The molecule has 0 aromatic carbocycles. The van der Waals surface area contributed by atoms with Crippen molar-refractivity contribution in [2.45, 2.75) is 39.5 Å². The van der Waals surface area contributed by atoms with Gasteiger partial charge in [-0.1, -0.05) is 25.6 Å². The molecule has 1 fully saturated rings. The third kappa shape index (κ3) is 3.62. The lowest BCUT2D eigenvalue weighted by Gasteiger charge is -2.21. The van der Waals surface area contributed by atoms with Crippen molar-refractivity contribution in [2.75, 3.05) is 18.0 Å². The Labute approximate surface area is 120 Å². The molecule has 2 N–H and O–H groups in total. The maximum atomic E-state index is 5.68. The van der Waals surface area contributed by atoms with Gasteiger partial charge in [0.15, 0.2) is 0 Å². The van der Waals surface area contributed by atoms with E-state index < -0.39 is 0 Å². The van der Waals surface area contributed by atoms with Crippen molar-refractivity contribution in [1.82, 2.24) is 9.97 Å². The first-order chi connectivity index (χ1) is 9.10. The van der Waals surface area contributed by atoms with Gasteiger partial charge in [0, 0.05) is 18.8 Å². The molecule has 2 heterocycles. The molecule has 0 amide bonds. The number of rotatable bonds is 3. The minimum atomic E-state index is 0.341. The monoisotopic (exact) mass is 278 g/mol. The van der Waals surface area contributed by atoms with Gasteiger partial charge < -0.3 is 10.6 Å². The van der Waals surface area contributed by atoms with E-state index >= 15 is 0 Å². The van der Waals surface area contributed by atoms with Gasteiger partial charge in [0.25, 0.3) is 0 Å². The van der Waals surface area contributed by atoms with Crippen LogP contribution in [-0.4, -0.2) is 28.0 Å². The van der Waals surface area contributed by atoms with Crippen molar-refractivity contribution in [2.24, 2.45) is 11.7 Å². The maximum absolute atomic E-state index is 5.68. The summed E-state index contributed by atoms with van der Waals surface area (Å²) in [7, 11) is 0. The van der Waals surface area contributed by atoms with Crippen molar-refractivity contribution in [3.63, 3.8) is 0 Å². The Hall–Kier alpha value is -1.23. The van der Waals surface area contributed by atoms with E-state index in [9.17, 15) is 0 Å². The Balaban J connectivity index is 2.19. The van der Waals surface area contributed by atoms with E-state index in [2.05, 4.69) is 21.8 Å². The van der Waals surface area contributed by atoms with Gasteiger partial charge in [-0.2, -0.15) is 0 Å². The minimum Gasteiger partial charge on any atom is -0.388 e. The van der Waals surface area contributed by atoms with Crippen LogP contribution in [0.15, 0.2) is 6.07 Å². The summed E-state index contributed by atoms with van der Waals surface area (Å²) in [5.74, 6) is 1.62. The second kappa shape index (κ2) is 6.28. The summed E-state index contributed by atoms with van der Waals surface area (Å²) in [6.07, 6.45) is 5.00. The molecule has 4 nitrogen and oxygen atoms in total. The Morgan fingerprint density at radius 1 is 1.42 bits per heavy atom. The first kappa shape index (κ1) is 14.2. The van der Waals surface area contributed by atoms with Crippen LogP contribution in [-0.2, 0) is 0 Å². The number of hydrogen-bond donors (Lipinski definition) is 1. The summed E-state index contributed by atoms with van der Waals surface area (Å²) in [6, 6.07) is 1.85. The lowest BCUT2D eigenvalue weighted by Crippen LogP contribution is -2.27. The predicted molar refractivity (Wildman–Crippen MR) is 82.5 cm³/mol. The van der Waals surface area contributed by atoms with Crippen molar-refractivity contribution >= 4 is 23.2 Å². The lowest BCUT2D eigenvalue weighted by atomic mass is 9.98. The number of aromatic nitrogens is 2. The van der Waals surface area contributed by atoms with Crippen LogP contribution in [0.4, 0.5) is 5.95 Å². The fraction of sp³-hybridized carbons (Fsp3) is 0.643. The van der Waals surface area contributed by atoms with Crippen LogP contribution in [0.3, 0.4) is 0 Å². The molecule has 104 valence electrons. The second-order valence-electron chi connectivity index (χ2n) is 5.25. The standard InChI is InChI=1S/C14H22N4S/c1-3-11-5-4-7-18(8-6-11)14-16-10(2)9-12(17-14)13(15)19/h9,11H,3-8H2,1-2H3,(H2,15,19). The number of aryl methyl sites for hydroxylation is 1. The van der Waals surface area contributed by atoms with Crippen LogP contribution in [0.25, 0.3) is 0 Å². The van der Waals surface area contributed by atoms with Crippen molar-refractivity contribution in [3.05, 3.63) is 17.5 Å². The highest BCUT2D eigenvalue weighted by Crippen LogP contribution is 2.22. The Morgan fingerprint density at radius 3 is 2.89 bits per heavy atom. The van der Waals surface area contributed by atoms with Crippen molar-refractivity contribution in [3.8, 4) is 0 Å². The smallest absolute Gasteiger partial charge is 0.226 e. The van der Waals surface area contributed by atoms with E-state index in [-0.39, 0.29) is 0 Å². The summed E-state index contributed by atoms with van der Waals surface area (Å²) >= 11 is 5.02.